The zero-order valence-electron chi connectivity index (χ0n) is 28.0. The van der Waals surface area contributed by atoms with Gasteiger partial charge in [-0.1, -0.05) is 110 Å². The third-order valence-electron chi connectivity index (χ3n) is 9.99. The number of fused-ring (bicyclic) bond motifs is 6. The van der Waals surface area contributed by atoms with Crippen molar-refractivity contribution in [2.45, 2.75) is 62.4 Å². The molecule has 4 aromatic rings. The summed E-state index contributed by atoms with van der Waals surface area (Å²) in [5, 5.41) is 25.1. The van der Waals surface area contributed by atoms with E-state index in [-0.39, 0.29) is 50.7 Å². The van der Waals surface area contributed by atoms with Crippen molar-refractivity contribution in [1.29, 1.82) is 0 Å². The molecule has 0 saturated heterocycles. The third kappa shape index (κ3) is 6.78. The number of aliphatic carboxylic acids is 2. The van der Waals surface area contributed by atoms with Gasteiger partial charge in [-0.2, -0.15) is 0 Å². The first-order valence-corrected chi connectivity index (χ1v) is 16.7. The summed E-state index contributed by atoms with van der Waals surface area (Å²) in [6.45, 7) is 2.85. The zero-order valence-corrected chi connectivity index (χ0v) is 28.0. The first-order chi connectivity index (χ1) is 24.0. The summed E-state index contributed by atoms with van der Waals surface area (Å²) in [5.74, 6) is -2.85. The van der Waals surface area contributed by atoms with E-state index in [1.807, 2.05) is 97.1 Å². The standard InChI is InChI=1S/C40H40N2O8/c1-39(35(43)44,41-37(47)49-23-33-29-17-7-3-13-25(29)26-14-4-8-18-30(26)33)21-11-12-22-40(2,36(45)46)42-38(48)50-24-34-31-19-9-5-15-27(31)28-16-6-10-20-32(28)34/h3-10,13-20,33-34H,11-12,21-24H2,1-2H3,(H,41,47)(H,42,48)(H,43,44)(H,45,46)/t39-,40-/m0/s1. The second kappa shape index (κ2) is 14.1. The van der Waals surface area contributed by atoms with Gasteiger partial charge in [0, 0.05) is 11.8 Å². The number of unbranched alkanes of at least 4 members (excludes halogenated alkanes) is 1. The molecule has 2 atom stereocenters. The molecule has 4 N–H and O–H groups in total. The van der Waals surface area contributed by atoms with Gasteiger partial charge in [-0.05, 0) is 71.2 Å². The van der Waals surface area contributed by atoms with Crippen LogP contribution in [0.1, 0.15) is 73.6 Å². The van der Waals surface area contributed by atoms with Crippen LogP contribution in [-0.4, -0.2) is 58.6 Å². The summed E-state index contributed by atoms with van der Waals surface area (Å²) >= 11 is 0. The second-order valence-electron chi connectivity index (χ2n) is 13.4. The highest BCUT2D eigenvalue weighted by Gasteiger charge is 2.39. The van der Waals surface area contributed by atoms with Crippen LogP contribution >= 0.6 is 0 Å². The summed E-state index contributed by atoms with van der Waals surface area (Å²) in [7, 11) is 0. The van der Waals surface area contributed by atoms with Gasteiger partial charge in [-0.15, -0.1) is 0 Å². The number of hydrogen-bond acceptors (Lipinski definition) is 6. The third-order valence-corrected chi connectivity index (χ3v) is 9.99. The minimum atomic E-state index is -1.66. The largest absolute Gasteiger partial charge is 0.480 e. The number of hydrogen-bond donors (Lipinski definition) is 4. The van der Waals surface area contributed by atoms with Crippen LogP contribution in [0.25, 0.3) is 22.3 Å². The molecule has 10 nitrogen and oxygen atoms in total. The lowest BCUT2D eigenvalue weighted by atomic mass is 9.90. The van der Waals surface area contributed by atoms with Gasteiger partial charge in [0.15, 0.2) is 0 Å². The van der Waals surface area contributed by atoms with Crippen LogP contribution in [0.5, 0.6) is 0 Å². The van der Waals surface area contributed by atoms with E-state index >= 15 is 0 Å². The molecule has 258 valence electrons. The maximum Gasteiger partial charge on any atom is 0.408 e. The maximum absolute atomic E-state index is 12.9. The normalized spacial score (nSPS) is 15.3. The minimum absolute atomic E-state index is 0.00712. The topological polar surface area (TPSA) is 151 Å². The Morgan fingerprint density at radius 2 is 0.820 bits per heavy atom. The van der Waals surface area contributed by atoms with Gasteiger partial charge in [0.2, 0.25) is 0 Å². The molecule has 0 spiro atoms. The van der Waals surface area contributed by atoms with Crippen molar-refractivity contribution in [1.82, 2.24) is 10.6 Å². The van der Waals surface area contributed by atoms with Crippen molar-refractivity contribution < 1.29 is 38.9 Å². The molecule has 4 aromatic carbocycles. The van der Waals surface area contributed by atoms with E-state index in [2.05, 4.69) is 10.6 Å². The molecule has 6 rings (SSSR count). The maximum atomic E-state index is 12.9. The van der Waals surface area contributed by atoms with Gasteiger partial charge in [-0.3, -0.25) is 0 Å². The zero-order chi connectivity index (χ0) is 35.5. The quantitative estimate of drug-likeness (QED) is 0.108. The SMILES string of the molecule is C[C@@](CCCC[C@](C)(NC(=O)OCC1c2ccccc2-c2ccccc21)C(=O)O)(NC(=O)OCC1c2ccccc2-c2ccccc21)C(=O)O. The molecular formula is C40H40N2O8. The van der Waals surface area contributed by atoms with Crippen LogP contribution < -0.4 is 10.6 Å². The van der Waals surface area contributed by atoms with Crippen LogP contribution in [-0.2, 0) is 19.1 Å². The molecule has 0 aromatic heterocycles. The molecule has 2 amide bonds. The Morgan fingerprint density at radius 1 is 0.540 bits per heavy atom. The van der Waals surface area contributed by atoms with Crippen molar-refractivity contribution >= 4 is 24.1 Å². The van der Waals surface area contributed by atoms with Gasteiger partial charge < -0.3 is 30.3 Å². The van der Waals surface area contributed by atoms with E-state index in [1.54, 1.807) is 0 Å². The van der Waals surface area contributed by atoms with E-state index in [4.69, 9.17) is 9.47 Å². The van der Waals surface area contributed by atoms with Crippen LogP contribution in [0.3, 0.4) is 0 Å². The van der Waals surface area contributed by atoms with E-state index in [9.17, 15) is 29.4 Å². The van der Waals surface area contributed by atoms with E-state index < -0.39 is 35.2 Å². The fraction of sp³-hybridized carbons (Fsp3) is 0.300. The van der Waals surface area contributed by atoms with Crippen LogP contribution in [0.4, 0.5) is 9.59 Å². The lowest BCUT2D eigenvalue weighted by molar-refractivity contribution is -0.145. The van der Waals surface area contributed by atoms with Crippen molar-refractivity contribution in [3.05, 3.63) is 119 Å². The lowest BCUT2D eigenvalue weighted by Gasteiger charge is -2.28. The van der Waals surface area contributed by atoms with Gasteiger partial charge >= 0.3 is 24.1 Å². The van der Waals surface area contributed by atoms with Crippen molar-refractivity contribution in [2.24, 2.45) is 0 Å². The molecule has 0 bridgehead atoms. The fourth-order valence-corrected chi connectivity index (χ4v) is 7.12. The van der Waals surface area contributed by atoms with Gasteiger partial charge in [-0.25, -0.2) is 19.2 Å². The van der Waals surface area contributed by atoms with Crippen molar-refractivity contribution in [3.8, 4) is 22.3 Å². The molecule has 0 aliphatic heterocycles. The molecule has 2 aliphatic carbocycles. The van der Waals surface area contributed by atoms with E-state index in [0.29, 0.717) is 0 Å². The highest BCUT2D eigenvalue weighted by Crippen LogP contribution is 2.45. The van der Waals surface area contributed by atoms with Gasteiger partial charge in [0.25, 0.3) is 0 Å². The summed E-state index contributed by atoms with van der Waals surface area (Å²) < 4.78 is 11.1. The number of alkyl carbamates (subject to hydrolysis) is 2. The summed E-state index contributed by atoms with van der Waals surface area (Å²) in [6.07, 6.45) is -1.20. The molecule has 2 aliphatic rings. The van der Waals surface area contributed by atoms with Crippen LogP contribution in [0.2, 0.25) is 0 Å². The first kappa shape index (κ1) is 34.2. The molecule has 0 saturated carbocycles. The number of amides is 2. The molecule has 0 unspecified atom stereocenters. The average Bonchev–Trinajstić information content (AvgIpc) is 3.60. The summed E-state index contributed by atoms with van der Waals surface area (Å²) in [5.41, 5.74) is 5.13. The molecular weight excluding hydrogens is 636 g/mol. The highest BCUT2D eigenvalue weighted by molar-refractivity contribution is 5.85. The highest BCUT2D eigenvalue weighted by atomic mass is 16.6. The molecule has 10 heteroatoms. The average molecular weight is 677 g/mol. The number of carboxylic acids is 2. The summed E-state index contributed by atoms with van der Waals surface area (Å²) in [6, 6.07) is 31.7. The van der Waals surface area contributed by atoms with Crippen molar-refractivity contribution in [2.75, 3.05) is 13.2 Å². The number of carbonyl (C=O) groups excluding carboxylic acids is 2. The molecule has 50 heavy (non-hydrogen) atoms. The van der Waals surface area contributed by atoms with Crippen molar-refractivity contribution in [3.63, 3.8) is 0 Å². The van der Waals surface area contributed by atoms with E-state index in [0.717, 1.165) is 44.5 Å². The predicted octanol–water partition coefficient (Wildman–Crippen LogP) is 7.31. The number of nitrogens with one attached hydrogen (secondary N) is 2. The van der Waals surface area contributed by atoms with E-state index in [1.165, 1.54) is 13.8 Å². The molecule has 0 fully saturated rings. The predicted molar refractivity (Wildman–Crippen MR) is 187 cm³/mol. The monoisotopic (exact) mass is 676 g/mol. The second-order valence-corrected chi connectivity index (χ2v) is 13.4. The Bertz CT molecular complexity index is 1710. The fourth-order valence-electron chi connectivity index (χ4n) is 7.12. The number of rotatable bonds is 13. The lowest BCUT2D eigenvalue weighted by Crippen LogP contribution is -2.53. The number of carbonyl (C=O) groups is 4. The smallest absolute Gasteiger partial charge is 0.408 e. The summed E-state index contributed by atoms with van der Waals surface area (Å²) in [4.78, 5) is 50.4. The molecule has 0 heterocycles. The Labute approximate surface area is 290 Å². The first-order valence-electron chi connectivity index (χ1n) is 16.7. The van der Waals surface area contributed by atoms with Gasteiger partial charge in [0.05, 0.1) is 0 Å². The Balaban J connectivity index is 1.00. The minimum Gasteiger partial charge on any atom is -0.480 e. The van der Waals surface area contributed by atoms with Gasteiger partial charge in [0.1, 0.15) is 24.3 Å². The number of benzene rings is 4. The Morgan fingerprint density at radius 3 is 1.10 bits per heavy atom. The Hall–Kier alpha value is -5.64. The van der Waals surface area contributed by atoms with Crippen LogP contribution in [0.15, 0.2) is 97.1 Å². The number of carboxylic acid groups (broad SMARTS) is 2. The number of ether oxygens (including phenoxy) is 2. The molecule has 0 radical (unpaired) electrons. The van der Waals surface area contributed by atoms with Crippen LogP contribution in [0, 0.1) is 0 Å². The Kier molecular flexibility index (Phi) is 9.63.